The van der Waals surface area contributed by atoms with Crippen LogP contribution >= 0.6 is 11.3 Å². The maximum atomic E-state index is 11.8. The zero-order chi connectivity index (χ0) is 13.5. The molecule has 0 unspecified atom stereocenters. The summed E-state index contributed by atoms with van der Waals surface area (Å²) >= 11 is 1.25. The lowest BCUT2D eigenvalue weighted by atomic mass is 10.1. The summed E-state index contributed by atoms with van der Waals surface area (Å²) in [5, 5.41) is 2.17. The van der Waals surface area contributed by atoms with Crippen LogP contribution in [0.3, 0.4) is 0 Å². The van der Waals surface area contributed by atoms with Crippen molar-refractivity contribution in [3.63, 3.8) is 0 Å². The highest BCUT2D eigenvalue weighted by atomic mass is 32.1. The largest absolute Gasteiger partial charge is 0.466 e. The normalized spacial score (nSPS) is 9.94. The van der Waals surface area contributed by atoms with Crippen LogP contribution in [-0.4, -0.2) is 25.2 Å². The van der Waals surface area contributed by atoms with E-state index >= 15 is 0 Å². The third kappa shape index (κ3) is 3.44. The Bertz CT molecular complexity index is 431. The Labute approximate surface area is 109 Å². The lowest BCUT2D eigenvalue weighted by Crippen LogP contribution is -2.15. The fourth-order valence-corrected chi connectivity index (χ4v) is 2.29. The van der Waals surface area contributed by atoms with Gasteiger partial charge in [-0.15, -0.1) is 11.3 Å². The molecule has 7 heteroatoms. The summed E-state index contributed by atoms with van der Waals surface area (Å²) in [5.74, 6) is 4.44. The number of hydrogen-bond acceptors (Lipinski definition) is 7. The van der Waals surface area contributed by atoms with Gasteiger partial charge in [0.25, 0.3) is 0 Å². The van der Waals surface area contributed by atoms with E-state index in [2.05, 4.69) is 5.43 Å². The predicted octanol–water partition coefficient (Wildman–Crippen LogP) is 1.32. The molecule has 0 saturated carbocycles. The molecule has 1 rings (SSSR count). The van der Waals surface area contributed by atoms with Crippen LogP contribution in [0.2, 0.25) is 0 Å². The molecule has 0 radical (unpaired) electrons. The number of carbonyl (C=O) groups excluding carboxylic acids is 2. The first-order valence-electron chi connectivity index (χ1n) is 5.53. The van der Waals surface area contributed by atoms with Crippen LogP contribution in [0.1, 0.15) is 29.8 Å². The van der Waals surface area contributed by atoms with Gasteiger partial charge < -0.3 is 14.9 Å². The van der Waals surface area contributed by atoms with E-state index in [1.165, 1.54) is 11.3 Å². The van der Waals surface area contributed by atoms with Gasteiger partial charge >= 0.3 is 11.9 Å². The molecule has 1 heterocycles. The molecule has 0 aromatic carbocycles. The van der Waals surface area contributed by atoms with Gasteiger partial charge in [0.05, 0.1) is 25.2 Å². The van der Waals surface area contributed by atoms with Crippen LogP contribution in [0.5, 0.6) is 0 Å². The molecule has 18 heavy (non-hydrogen) atoms. The smallest absolute Gasteiger partial charge is 0.341 e. The first-order chi connectivity index (χ1) is 8.63. The molecule has 0 atom stereocenters. The second-order valence-corrected chi connectivity index (χ2v) is 4.19. The fourth-order valence-electron chi connectivity index (χ4n) is 1.42. The van der Waals surface area contributed by atoms with E-state index in [0.29, 0.717) is 22.7 Å². The number of hydrazine groups is 1. The average molecular weight is 272 g/mol. The van der Waals surface area contributed by atoms with Gasteiger partial charge in [0.1, 0.15) is 5.00 Å². The molecule has 1 aromatic rings. The number of hydrogen-bond donors (Lipinski definition) is 2. The van der Waals surface area contributed by atoms with Crippen molar-refractivity contribution in [3.8, 4) is 0 Å². The molecular formula is C11H16N2O4S. The third-order valence-corrected chi connectivity index (χ3v) is 3.08. The summed E-state index contributed by atoms with van der Waals surface area (Å²) in [4.78, 5) is 23.2. The Morgan fingerprint density at radius 3 is 2.56 bits per heavy atom. The maximum absolute atomic E-state index is 11.8. The first-order valence-corrected chi connectivity index (χ1v) is 6.41. The van der Waals surface area contributed by atoms with Gasteiger partial charge in [-0.3, -0.25) is 4.79 Å². The van der Waals surface area contributed by atoms with Crippen LogP contribution in [0.25, 0.3) is 0 Å². The van der Waals surface area contributed by atoms with E-state index in [1.54, 1.807) is 19.2 Å². The Balaban J connectivity index is 2.94. The SMILES string of the molecule is CCOC(=O)Cc1csc(NN)c1C(=O)OCC. The summed E-state index contributed by atoms with van der Waals surface area (Å²) in [6.45, 7) is 4.01. The van der Waals surface area contributed by atoms with Crippen LogP contribution in [-0.2, 0) is 20.7 Å². The van der Waals surface area contributed by atoms with Gasteiger partial charge in [-0.2, -0.15) is 0 Å². The quantitative estimate of drug-likeness (QED) is 0.461. The maximum Gasteiger partial charge on any atom is 0.341 e. The van der Waals surface area contributed by atoms with Crippen molar-refractivity contribution in [1.82, 2.24) is 0 Å². The second-order valence-electron chi connectivity index (χ2n) is 3.31. The molecule has 3 N–H and O–H groups in total. The number of anilines is 1. The predicted molar refractivity (Wildman–Crippen MR) is 68.4 cm³/mol. The molecule has 0 saturated heterocycles. The van der Waals surface area contributed by atoms with E-state index in [-0.39, 0.29) is 19.0 Å². The Morgan fingerprint density at radius 2 is 2.00 bits per heavy atom. The first kappa shape index (κ1) is 14.5. The van der Waals surface area contributed by atoms with E-state index < -0.39 is 5.97 Å². The van der Waals surface area contributed by atoms with E-state index in [4.69, 9.17) is 15.3 Å². The number of nitrogen functional groups attached to an aromatic ring is 1. The molecule has 0 aliphatic carbocycles. The van der Waals surface area contributed by atoms with Gasteiger partial charge in [0.2, 0.25) is 0 Å². The fraction of sp³-hybridized carbons (Fsp3) is 0.455. The molecular weight excluding hydrogens is 256 g/mol. The summed E-state index contributed by atoms with van der Waals surface area (Å²) in [6, 6.07) is 0. The molecule has 1 aromatic heterocycles. The molecule has 6 nitrogen and oxygen atoms in total. The molecule has 0 fully saturated rings. The molecule has 0 aliphatic heterocycles. The minimum atomic E-state index is -0.494. The molecule has 100 valence electrons. The zero-order valence-electron chi connectivity index (χ0n) is 10.3. The Morgan fingerprint density at radius 1 is 1.33 bits per heavy atom. The van der Waals surface area contributed by atoms with E-state index in [9.17, 15) is 9.59 Å². The monoisotopic (exact) mass is 272 g/mol. The van der Waals surface area contributed by atoms with E-state index in [0.717, 1.165) is 0 Å². The minimum absolute atomic E-state index is 0.0279. The molecule has 0 bridgehead atoms. The van der Waals surface area contributed by atoms with Crippen LogP contribution in [0, 0.1) is 0 Å². The van der Waals surface area contributed by atoms with Crippen molar-refractivity contribution >= 4 is 28.3 Å². The van der Waals surface area contributed by atoms with Crippen LogP contribution in [0.15, 0.2) is 5.38 Å². The highest BCUT2D eigenvalue weighted by Gasteiger charge is 2.21. The standard InChI is InChI=1S/C11H16N2O4S/c1-3-16-8(14)5-7-6-18-10(13-12)9(7)11(15)17-4-2/h6,13H,3-5,12H2,1-2H3. The summed E-state index contributed by atoms with van der Waals surface area (Å²) in [7, 11) is 0. The topological polar surface area (TPSA) is 90.6 Å². The van der Waals surface area contributed by atoms with Crippen LogP contribution in [0.4, 0.5) is 5.00 Å². The molecule has 0 aliphatic rings. The zero-order valence-corrected chi connectivity index (χ0v) is 11.1. The number of nitrogens with one attached hydrogen (secondary N) is 1. The van der Waals surface area contributed by atoms with Crippen LogP contribution < -0.4 is 11.3 Å². The Kier molecular flexibility index (Phi) is 5.60. The van der Waals surface area contributed by atoms with E-state index in [1.807, 2.05) is 0 Å². The number of rotatable bonds is 6. The number of ether oxygens (including phenoxy) is 2. The lowest BCUT2D eigenvalue weighted by molar-refractivity contribution is -0.142. The summed E-state index contributed by atoms with van der Waals surface area (Å²) < 4.78 is 9.78. The van der Waals surface area contributed by atoms with Crippen molar-refractivity contribution in [2.24, 2.45) is 5.84 Å². The summed E-state index contributed by atoms with van der Waals surface area (Å²) in [5.41, 5.74) is 3.29. The highest BCUT2D eigenvalue weighted by Crippen LogP contribution is 2.28. The Hall–Kier alpha value is -1.60. The van der Waals surface area contributed by atoms with Gasteiger partial charge in [-0.1, -0.05) is 0 Å². The van der Waals surface area contributed by atoms with Crippen molar-refractivity contribution < 1.29 is 19.1 Å². The van der Waals surface area contributed by atoms with Crippen molar-refractivity contribution in [3.05, 3.63) is 16.5 Å². The molecule has 0 spiro atoms. The number of esters is 2. The van der Waals surface area contributed by atoms with Crippen molar-refractivity contribution in [1.29, 1.82) is 0 Å². The third-order valence-electron chi connectivity index (χ3n) is 2.12. The van der Waals surface area contributed by atoms with Crippen molar-refractivity contribution in [2.45, 2.75) is 20.3 Å². The average Bonchev–Trinajstić information content (AvgIpc) is 2.72. The highest BCUT2D eigenvalue weighted by molar-refractivity contribution is 7.14. The van der Waals surface area contributed by atoms with Gasteiger partial charge in [-0.25, -0.2) is 10.6 Å². The van der Waals surface area contributed by atoms with Gasteiger partial charge in [-0.05, 0) is 24.8 Å². The minimum Gasteiger partial charge on any atom is -0.466 e. The van der Waals surface area contributed by atoms with Gasteiger partial charge in [0.15, 0.2) is 0 Å². The molecule has 0 amide bonds. The number of nitrogens with two attached hydrogens (primary N) is 1. The second kappa shape index (κ2) is 6.97. The summed E-state index contributed by atoms with van der Waals surface area (Å²) in [6.07, 6.45) is 0.0279. The number of carbonyl (C=O) groups is 2. The lowest BCUT2D eigenvalue weighted by Gasteiger charge is -2.06. The van der Waals surface area contributed by atoms with Crippen molar-refractivity contribution in [2.75, 3.05) is 18.6 Å². The number of thiophene rings is 1. The van der Waals surface area contributed by atoms with Gasteiger partial charge in [0, 0.05) is 0 Å².